The Kier molecular flexibility index (Phi) is 5.58. The molecule has 2 atom stereocenters. The zero-order chi connectivity index (χ0) is 19.2. The van der Waals surface area contributed by atoms with E-state index in [9.17, 15) is 14.7 Å². The van der Waals surface area contributed by atoms with Gasteiger partial charge in [-0.2, -0.15) is 0 Å². The summed E-state index contributed by atoms with van der Waals surface area (Å²) in [4.78, 5) is 32.4. The molecule has 0 saturated carbocycles. The van der Waals surface area contributed by atoms with E-state index in [0.29, 0.717) is 5.82 Å². The fraction of sp³-hybridized carbons (Fsp3) is 0.158. The predicted octanol–water partition coefficient (Wildman–Crippen LogP) is 0.455. The van der Waals surface area contributed by atoms with Crippen LogP contribution < -0.4 is 11.1 Å². The van der Waals surface area contributed by atoms with Crippen molar-refractivity contribution in [3.8, 4) is 5.82 Å². The first-order valence-electron chi connectivity index (χ1n) is 8.32. The molecule has 0 fully saturated rings. The summed E-state index contributed by atoms with van der Waals surface area (Å²) in [5.74, 6) is -0.885. The van der Waals surface area contributed by atoms with Crippen LogP contribution in [0.5, 0.6) is 0 Å². The van der Waals surface area contributed by atoms with E-state index in [1.165, 1.54) is 17.1 Å². The molecule has 0 aliphatic rings. The fourth-order valence-electron chi connectivity index (χ4n) is 2.69. The van der Waals surface area contributed by atoms with Gasteiger partial charge in [0.2, 0.25) is 5.91 Å². The third-order valence-electron chi connectivity index (χ3n) is 4.05. The van der Waals surface area contributed by atoms with E-state index >= 15 is 0 Å². The molecule has 0 aliphatic carbocycles. The largest absolute Gasteiger partial charge is 0.381 e. The number of rotatable bonds is 7. The van der Waals surface area contributed by atoms with E-state index in [4.69, 9.17) is 5.73 Å². The molecule has 0 aliphatic heterocycles. The van der Waals surface area contributed by atoms with Gasteiger partial charge < -0.3 is 16.2 Å². The van der Waals surface area contributed by atoms with E-state index < -0.39 is 24.0 Å². The maximum Gasteiger partial charge on any atom is 0.270 e. The number of aliphatic hydroxyl groups is 1. The number of hydrogen-bond acceptors (Lipinski definition) is 5. The van der Waals surface area contributed by atoms with Crippen LogP contribution in [0.4, 0.5) is 0 Å². The Morgan fingerprint density at radius 1 is 1.15 bits per heavy atom. The highest BCUT2D eigenvalue weighted by Crippen LogP contribution is 2.11. The molecule has 8 nitrogen and oxygen atoms in total. The van der Waals surface area contributed by atoms with Crippen LogP contribution in [0.3, 0.4) is 0 Å². The highest BCUT2D eigenvalue weighted by molar-refractivity contribution is 5.93. The smallest absolute Gasteiger partial charge is 0.270 e. The van der Waals surface area contributed by atoms with Gasteiger partial charge in [-0.1, -0.05) is 36.4 Å². The number of benzene rings is 1. The molecule has 2 unspecified atom stereocenters. The third-order valence-corrected chi connectivity index (χ3v) is 4.05. The number of hydrogen-bond donors (Lipinski definition) is 3. The van der Waals surface area contributed by atoms with Crippen LogP contribution in [0.25, 0.3) is 5.82 Å². The lowest BCUT2D eigenvalue weighted by atomic mass is 10.0. The van der Waals surface area contributed by atoms with Crippen molar-refractivity contribution < 1.29 is 14.7 Å². The number of nitrogens with one attached hydrogen (secondary N) is 1. The maximum absolute atomic E-state index is 12.8. The molecule has 2 amide bonds. The molecule has 0 saturated heterocycles. The second-order valence-corrected chi connectivity index (χ2v) is 5.95. The van der Waals surface area contributed by atoms with Gasteiger partial charge in [0.1, 0.15) is 17.8 Å². The van der Waals surface area contributed by atoms with Crippen molar-refractivity contribution in [2.75, 3.05) is 0 Å². The summed E-state index contributed by atoms with van der Waals surface area (Å²) in [6.45, 7) is 0. The Morgan fingerprint density at radius 2 is 1.89 bits per heavy atom. The van der Waals surface area contributed by atoms with Gasteiger partial charge in [0.05, 0.1) is 12.2 Å². The molecule has 3 aromatic rings. The summed E-state index contributed by atoms with van der Waals surface area (Å²) in [6.07, 6.45) is 3.18. The predicted molar refractivity (Wildman–Crippen MR) is 98.0 cm³/mol. The molecule has 2 aromatic heterocycles. The topological polar surface area (TPSA) is 123 Å². The Hall–Kier alpha value is -3.52. The number of nitrogens with two attached hydrogens (primary N) is 1. The normalized spacial score (nSPS) is 12.9. The zero-order valence-electron chi connectivity index (χ0n) is 14.4. The minimum absolute atomic E-state index is 0.225. The van der Waals surface area contributed by atoms with Crippen LogP contribution in [-0.4, -0.2) is 43.6 Å². The van der Waals surface area contributed by atoms with Gasteiger partial charge >= 0.3 is 0 Å². The number of primary amides is 1. The van der Waals surface area contributed by atoms with Crippen LogP contribution in [-0.2, 0) is 11.2 Å². The van der Waals surface area contributed by atoms with Crippen molar-refractivity contribution in [3.63, 3.8) is 0 Å². The lowest BCUT2D eigenvalue weighted by molar-refractivity contribution is -0.127. The van der Waals surface area contributed by atoms with Crippen molar-refractivity contribution in [1.82, 2.24) is 19.9 Å². The lowest BCUT2D eigenvalue weighted by Gasteiger charge is -2.22. The molecule has 0 spiro atoms. The van der Waals surface area contributed by atoms with E-state index in [1.807, 2.05) is 30.3 Å². The van der Waals surface area contributed by atoms with Crippen LogP contribution in [0.2, 0.25) is 0 Å². The Labute approximate surface area is 155 Å². The average molecular weight is 365 g/mol. The van der Waals surface area contributed by atoms with Crippen LogP contribution in [0.15, 0.2) is 67.3 Å². The number of pyridine rings is 1. The summed E-state index contributed by atoms with van der Waals surface area (Å²) >= 11 is 0. The molecule has 3 rings (SSSR count). The van der Waals surface area contributed by atoms with Gasteiger partial charge in [-0.3, -0.25) is 14.2 Å². The second kappa shape index (κ2) is 8.24. The number of imidazole rings is 1. The molecule has 27 heavy (non-hydrogen) atoms. The Balaban J connectivity index is 1.83. The van der Waals surface area contributed by atoms with Crippen molar-refractivity contribution in [3.05, 3.63) is 78.5 Å². The summed E-state index contributed by atoms with van der Waals surface area (Å²) in [5.41, 5.74) is 6.31. The first-order valence-corrected chi connectivity index (χ1v) is 8.32. The summed E-state index contributed by atoms with van der Waals surface area (Å²) in [6, 6.07) is 13.6. The van der Waals surface area contributed by atoms with Gasteiger partial charge in [0.15, 0.2) is 6.10 Å². The molecule has 138 valence electrons. The molecule has 1 aromatic carbocycles. The molecule has 4 N–H and O–H groups in total. The Bertz CT molecular complexity index is 911. The van der Waals surface area contributed by atoms with Crippen molar-refractivity contribution in [2.45, 2.75) is 18.6 Å². The third kappa shape index (κ3) is 4.36. The van der Waals surface area contributed by atoms with Gasteiger partial charge in [-0.05, 0) is 24.1 Å². The van der Waals surface area contributed by atoms with Crippen LogP contribution in [0.1, 0.15) is 16.1 Å². The van der Waals surface area contributed by atoms with E-state index in [0.717, 1.165) is 5.56 Å². The minimum atomic E-state index is -1.53. The van der Waals surface area contributed by atoms with E-state index in [1.54, 1.807) is 24.4 Å². The number of nitrogens with zero attached hydrogens (tertiary/aromatic N) is 3. The summed E-state index contributed by atoms with van der Waals surface area (Å²) < 4.78 is 1.52. The van der Waals surface area contributed by atoms with E-state index in [2.05, 4.69) is 15.3 Å². The molecule has 0 radical (unpaired) electrons. The average Bonchev–Trinajstić information content (AvgIpc) is 3.18. The molecule has 8 heteroatoms. The van der Waals surface area contributed by atoms with E-state index in [-0.39, 0.29) is 12.1 Å². The maximum atomic E-state index is 12.8. The SMILES string of the molecule is NC(=O)C(O)C(Cc1ccccc1)NC(=O)c1cncn1-c1ccccn1. The molecule has 0 bridgehead atoms. The number of aromatic nitrogens is 3. The Morgan fingerprint density at radius 3 is 2.56 bits per heavy atom. The van der Waals surface area contributed by atoms with Gasteiger partial charge in [0, 0.05) is 6.20 Å². The summed E-state index contributed by atoms with van der Waals surface area (Å²) in [5, 5.41) is 12.8. The zero-order valence-corrected chi connectivity index (χ0v) is 14.4. The molecular formula is C19H19N5O3. The highest BCUT2D eigenvalue weighted by Gasteiger charge is 2.27. The van der Waals surface area contributed by atoms with Crippen molar-refractivity contribution in [1.29, 1.82) is 0 Å². The van der Waals surface area contributed by atoms with Gasteiger partial charge in [-0.15, -0.1) is 0 Å². The van der Waals surface area contributed by atoms with Gasteiger partial charge in [0.25, 0.3) is 5.91 Å². The second-order valence-electron chi connectivity index (χ2n) is 5.95. The monoisotopic (exact) mass is 365 g/mol. The summed E-state index contributed by atoms with van der Waals surface area (Å²) in [7, 11) is 0. The standard InChI is InChI=1S/C19H19N5O3/c20-18(26)17(25)14(10-13-6-2-1-3-7-13)23-19(27)15-11-21-12-24(15)16-8-4-5-9-22-16/h1-9,11-12,14,17,25H,10H2,(H2,20,26)(H,23,27). The number of aliphatic hydroxyl groups excluding tert-OH is 1. The van der Waals surface area contributed by atoms with Gasteiger partial charge in [-0.25, -0.2) is 9.97 Å². The minimum Gasteiger partial charge on any atom is -0.381 e. The molecule has 2 heterocycles. The fourth-order valence-corrected chi connectivity index (χ4v) is 2.69. The molecular weight excluding hydrogens is 346 g/mol. The number of amides is 2. The number of carbonyl (C=O) groups excluding carboxylic acids is 2. The first kappa shape index (κ1) is 18.3. The van der Waals surface area contributed by atoms with Crippen molar-refractivity contribution in [2.24, 2.45) is 5.73 Å². The first-order chi connectivity index (χ1) is 13.1. The van der Waals surface area contributed by atoms with Crippen LogP contribution >= 0.6 is 0 Å². The van der Waals surface area contributed by atoms with Crippen molar-refractivity contribution >= 4 is 11.8 Å². The number of carbonyl (C=O) groups is 2. The lowest BCUT2D eigenvalue weighted by Crippen LogP contribution is -2.50. The quantitative estimate of drug-likeness (QED) is 0.561. The highest BCUT2D eigenvalue weighted by atomic mass is 16.3. The van der Waals surface area contributed by atoms with Crippen LogP contribution in [0, 0.1) is 0 Å².